The zero-order valence-corrected chi connectivity index (χ0v) is 18.9. The molecule has 5 rings (SSSR count). The van der Waals surface area contributed by atoms with E-state index in [1.165, 1.54) is 17.8 Å². The summed E-state index contributed by atoms with van der Waals surface area (Å²) in [4.78, 5) is 4.78. The Morgan fingerprint density at radius 1 is 1.12 bits per heavy atom. The molecule has 0 aliphatic carbocycles. The largest absolute Gasteiger partial charge is 0.391 e. The highest BCUT2D eigenvalue weighted by molar-refractivity contribution is 5.78. The molecule has 1 fully saturated rings. The van der Waals surface area contributed by atoms with E-state index in [0.717, 1.165) is 11.1 Å². The predicted octanol–water partition coefficient (Wildman–Crippen LogP) is 4.12. The van der Waals surface area contributed by atoms with Crippen molar-refractivity contribution in [3.8, 4) is 22.5 Å². The van der Waals surface area contributed by atoms with Crippen molar-refractivity contribution in [1.29, 1.82) is 0 Å². The van der Waals surface area contributed by atoms with Crippen molar-refractivity contribution >= 4 is 5.52 Å². The topological polar surface area (TPSA) is 84.3 Å². The fourth-order valence-electron chi connectivity index (χ4n) is 4.07. The van der Waals surface area contributed by atoms with Gasteiger partial charge in [0.15, 0.2) is 5.79 Å². The van der Waals surface area contributed by atoms with Gasteiger partial charge in [0.1, 0.15) is 6.10 Å². The molecule has 0 saturated carbocycles. The minimum Gasteiger partial charge on any atom is -0.348 e. The van der Waals surface area contributed by atoms with Crippen molar-refractivity contribution in [2.45, 2.75) is 57.8 Å². The molecule has 0 spiro atoms. The summed E-state index contributed by atoms with van der Waals surface area (Å²) in [6.45, 7) is 6.25. The molecular formula is C22H24F3N7O2. The highest BCUT2D eigenvalue weighted by atomic mass is 19.4. The van der Waals surface area contributed by atoms with Gasteiger partial charge in [-0.15, -0.1) is 0 Å². The number of hydrogen-bond acceptors (Lipinski definition) is 6. The minimum atomic E-state index is -4.27. The van der Waals surface area contributed by atoms with Crippen molar-refractivity contribution in [3.63, 3.8) is 0 Å². The van der Waals surface area contributed by atoms with E-state index in [-0.39, 0.29) is 6.10 Å². The first-order valence-electron chi connectivity index (χ1n) is 10.9. The van der Waals surface area contributed by atoms with E-state index < -0.39 is 24.4 Å². The van der Waals surface area contributed by atoms with E-state index in [0.29, 0.717) is 30.1 Å². The average molecular weight is 475 g/mol. The van der Waals surface area contributed by atoms with Crippen LogP contribution in [0.2, 0.25) is 0 Å². The molecule has 0 aromatic carbocycles. The summed E-state index contributed by atoms with van der Waals surface area (Å²) in [6, 6.07) is 0.966. The van der Waals surface area contributed by atoms with Crippen LogP contribution in [0.3, 0.4) is 0 Å². The van der Waals surface area contributed by atoms with E-state index in [2.05, 4.69) is 15.3 Å². The summed E-state index contributed by atoms with van der Waals surface area (Å²) in [5.74, 6) is -0.607. The van der Waals surface area contributed by atoms with Crippen molar-refractivity contribution in [2.75, 3.05) is 6.61 Å². The molecule has 0 radical (unpaired) electrons. The van der Waals surface area contributed by atoms with Gasteiger partial charge < -0.3 is 9.47 Å². The molecule has 12 heteroatoms. The lowest BCUT2D eigenvalue weighted by atomic mass is 10.2. The Labute approximate surface area is 193 Å². The Morgan fingerprint density at radius 3 is 2.65 bits per heavy atom. The summed E-state index contributed by atoms with van der Waals surface area (Å²) >= 11 is 0. The summed E-state index contributed by atoms with van der Waals surface area (Å²) in [5.41, 5.74) is 3.29. The second-order valence-electron chi connectivity index (χ2n) is 8.91. The molecule has 0 bridgehead atoms. The molecule has 0 N–H and O–H groups in total. The van der Waals surface area contributed by atoms with Crippen molar-refractivity contribution in [1.82, 2.24) is 34.2 Å². The Kier molecular flexibility index (Phi) is 5.44. The smallest absolute Gasteiger partial charge is 0.348 e. The Hall–Kier alpha value is -3.25. The van der Waals surface area contributed by atoms with Gasteiger partial charge in [0.05, 0.1) is 67.3 Å². The molecule has 180 valence electrons. The number of aromatic nitrogens is 7. The van der Waals surface area contributed by atoms with E-state index in [9.17, 15) is 13.2 Å². The van der Waals surface area contributed by atoms with Crippen LogP contribution in [0.15, 0.2) is 43.2 Å². The number of rotatable bonds is 6. The van der Waals surface area contributed by atoms with Crippen LogP contribution in [0.25, 0.3) is 28.0 Å². The molecule has 1 aliphatic rings. The number of fused-ring (bicyclic) bond motifs is 1. The summed E-state index contributed by atoms with van der Waals surface area (Å²) in [7, 11) is 0. The molecule has 4 aromatic heterocycles. The van der Waals surface area contributed by atoms with Crippen LogP contribution in [0.1, 0.15) is 33.2 Å². The van der Waals surface area contributed by atoms with Crippen LogP contribution >= 0.6 is 0 Å². The summed E-state index contributed by atoms with van der Waals surface area (Å²) in [6.07, 6.45) is 4.77. The monoisotopic (exact) mass is 475 g/mol. The Bertz CT molecular complexity index is 1310. The molecule has 1 unspecified atom stereocenters. The highest BCUT2D eigenvalue weighted by Crippen LogP contribution is 2.30. The van der Waals surface area contributed by atoms with Crippen molar-refractivity contribution in [3.05, 3.63) is 43.2 Å². The molecule has 34 heavy (non-hydrogen) atoms. The first-order chi connectivity index (χ1) is 16.1. The van der Waals surface area contributed by atoms with Gasteiger partial charge >= 0.3 is 6.18 Å². The Balaban J connectivity index is 1.43. The molecule has 0 amide bonds. The lowest BCUT2D eigenvalue weighted by molar-refractivity contribution is -0.142. The lowest BCUT2D eigenvalue weighted by Crippen LogP contribution is -2.24. The molecule has 9 nitrogen and oxygen atoms in total. The van der Waals surface area contributed by atoms with Crippen LogP contribution in [0.4, 0.5) is 13.2 Å². The van der Waals surface area contributed by atoms with Gasteiger partial charge in [-0.2, -0.15) is 28.5 Å². The van der Waals surface area contributed by atoms with Gasteiger partial charge in [0, 0.05) is 23.5 Å². The van der Waals surface area contributed by atoms with E-state index >= 15 is 0 Å². The maximum atomic E-state index is 12.8. The third-order valence-electron chi connectivity index (χ3n) is 5.63. The maximum absolute atomic E-state index is 12.8. The average Bonchev–Trinajstić information content (AvgIpc) is 3.53. The number of halogens is 3. The van der Waals surface area contributed by atoms with Gasteiger partial charge in [-0.1, -0.05) is 0 Å². The standard InChI is InChI=1S/C22H24F3N7O2/c1-14(6-22(23,24)25)31-10-16(8-28-31)20-19-4-5-26-32(19)12-18(29-20)15-7-27-30(9-15)11-17-13-33-21(2,3)34-17/h4-5,7-10,12,14,17H,6,11,13H2,1-3H3/t14?,17-/m1/s1. The van der Waals surface area contributed by atoms with Gasteiger partial charge in [0.2, 0.25) is 0 Å². The first-order valence-corrected chi connectivity index (χ1v) is 10.9. The normalized spacial score (nSPS) is 19.2. The van der Waals surface area contributed by atoms with Crippen molar-refractivity contribution < 1.29 is 22.6 Å². The number of hydrogen-bond donors (Lipinski definition) is 0. The second-order valence-corrected chi connectivity index (χ2v) is 8.91. The number of alkyl halides is 3. The fourth-order valence-corrected chi connectivity index (χ4v) is 4.07. The van der Waals surface area contributed by atoms with Crippen LogP contribution in [-0.4, -0.2) is 58.8 Å². The van der Waals surface area contributed by atoms with Crippen LogP contribution in [0, 0.1) is 0 Å². The summed E-state index contributed by atoms with van der Waals surface area (Å²) in [5, 5.41) is 12.9. The quantitative estimate of drug-likeness (QED) is 0.417. The van der Waals surface area contributed by atoms with Crippen LogP contribution in [0.5, 0.6) is 0 Å². The van der Waals surface area contributed by atoms with E-state index in [4.69, 9.17) is 14.5 Å². The third-order valence-corrected chi connectivity index (χ3v) is 5.63. The molecular weight excluding hydrogens is 451 g/mol. The fraction of sp³-hybridized carbons (Fsp3) is 0.455. The lowest BCUT2D eigenvalue weighted by Gasteiger charge is -2.16. The summed E-state index contributed by atoms with van der Waals surface area (Å²) < 4.78 is 54.7. The highest BCUT2D eigenvalue weighted by Gasteiger charge is 2.33. The van der Waals surface area contributed by atoms with Gasteiger partial charge in [-0.3, -0.25) is 9.36 Å². The zero-order chi connectivity index (χ0) is 24.1. The minimum absolute atomic E-state index is 0.107. The second kappa shape index (κ2) is 8.20. The molecule has 5 heterocycles. The number of nitrogens with zero attached hydrogens (tertiary/aromatic N) is 7. The molecule has 4 aromatic rings. The predicted molar refractivity (Wildman–Crippen MR) is 116 cm³/mol. The number of ether oxygens (including phenoxy) is 2. The van der Waals surface area contributed by atoms with Crippen LogP contribution < -0.4 is 0 Å². The zero-order valence-electron chi connectivity index (χ0n) is 18.9. The first kappa shape index (κ1) is 22.5. The van der Waals surface area contributed by atoms with E-state index in [1.54, 1.807) is 40.1 Å². The molecule has 1 saturated heterocycles. The van der Waals surface area contributed by atoms with Crippen molar-refractivity contribution in [2.24, 2.45) is 0 Å². The Morgan fingerprint density at radius 2 is 1.91 bits per heavy atom. The van der Waals surface area contributed by atoms with Crippen LogP contribution in [-0.2, 0) is 16.0 Å². The third kappa shape index (κ3) is 4.68. The molecule has 1 aliphatic heterocycles. The van der Waals surface area contributed by atoms with E-state index in [1.807, 2.05) is 20.0 Å². The SMILES string of the molecule is CC(CC(F)(F)F)n1cc(-c2nc(-c3cnn(C[C@@H]4COC(C)(C)O4)c3)cn3nccc23)cn1. The maximum Gasteiger partial charge on any atom is 0.391 e. The van der Waals surface area contributed by atoms with Gasteiger partial charge in [-0.25, -0.2) is 9.50 Å². The molecule has 2 atom stereocenters. The van der Waals surface area contributed by atoms with Gasteiger partial charge in [-0.05, 0) is 26.8 Å². The van der Waals surface area contributed by atoms with Gasteiger partial charge in [0.25, 0.3) is 0 Å².